The predicted octanol–water partition coefficient (Wildman–Crippen LogP) is 3.23. The normalized spacial score (nSPS) is 29.0. The monoisotopic (exact) mass is 501 g/mol. The molecule has 0 radical (unpaired) electrons. The van der Waals surface area contributed by atoms with E-state index in [4.69, 9.17) is 11.6 Å². The summed E-state index contributed by atoms with van der Waals surface area (Å²) in [7, 11) is 2.09. The third-order valence-corrected chi connectivity index (χ3v) is 8.50. The Labute approximate surface area is 209 Å². The zero-order valence-electron chi connectivity index (χ0n) is 19.5. The van der Waals surface area contributed by atoms with Gasteiger partial charge in [0.25, 0.3) is 11.8 Å². The molecule has 0 saturated heterocycles. The number of carbonyl (C=O) groups is 2. The Morgan fingerprint density at radius 3 is 2.62 bits per heavy atom. The van der Waals surface area contributed by atoms with Crippen molar-refractivity contribution in [3.63, 3.8) is 0 Å². The first-order valence-electron chi connectivity index (χ1n) is 12.3. The van der Waals surface area contributed by atoms with Crippen LogP contribution in [-0.4, -0.2) is 53.4 Å². The van der Waals surface area contributed by atoms with Crippen LogP contribution in [0.5, 0.6) is 0 Å². The van der Waals surface area contributed by atoms with Gasteiger partial charge in [0.05, 0.1) is 17.4 Å². The highest BCUT2D eigenvalue weighted by Crippen LogP contribution is 2.28. The van der Waals surface area contributed by atoms with Gasteiger partial charge in [0, 0.05) is 47.4 Å². The van der Waals surface area contributed by atoms with E-state index in [1.54, 1.807) is 0 Å². The van der Waals surface area contributed by atoms with Crippen LogP contribution in [-0.2, 0) is 17.8 Å². The van der Waals surface area contributed by atoms with Crippen LogP contribution in [0.25, 0.3) is 0 Å². The lowest BCUT2D eigenvalue weighted by molar-refractivity contribution is -0.118. The molecule has 9 heteroatoms. The maximum Gasteiger partial charge on any atom is 0.280 e. The number of halogens is 1. The van der Waals surface area contributed by atoms with Crippen molar-refractivity contribution < 1.29 is 9.59 Å². The zero-order valence-corrected chi connectivity index (χ0v) is 21.1. The summed E-state index contributed by atoms with van der Waals surface area (Å²) in [6.45, 7) is 1.82. The number of thiazole rings is 1. The highest BCUT2D eigenvalue weighted by molar-refractivity contribution is 7.13. The lowest BCUT2D eigenvalue weighted by Crippen LogP contribution is -2.53. The second-order valence-electron chi connectivity index (χ2n) is 9.77. The molecule has 0 bridgehead atoms. The fraction of sp³-hybridized carbons (Fsp3) is 0.560. The molecule has 2 aliphatic carbocycles. The van der Waals surface area contributed by atoms with Gasteiger partial charge in [0.15, 0.2) is 5.01 Å². The lowest BCUT2D eigenvalue weighted by Gasteiger charge is -2.31. The van der Waals surface area contributed by atoms with Gasteiger partial charge >= 0.3 is 0 Å². The van der Waals surface area contributed by atoms with Gasteiger partial charge in [-0.05, 0) is 32.0 Å². The topological polar surface area (TPSA) is 86.4 Å². The molecule has 182 valence electrons. The Hall–Kier alpha value is -2.16. The highest BCUT2D eigenvalue weighted by atomic mass is 35.5. The molecule has 2 amide bonds. The van der Waals surface area contributed by atoms with Crippen LogP contribution in [0.4, 0.5) is 0 Å². The van der Waals surface area contributed by atoms with E-state index in [2.05, 4.69) is 32.9 Å². The zero-order chi connectivity index (χ0) is 23.7. The van der Waals surface area contributed by atoms with Gasteiger partial charge in [0.2, 0.25) is 0 Å². The number of rotatable bonds is 4. The van der Waals surface area contributed by atoms with Gasteiger partial charge < -0.3 is 20.9 Å². The molecular formula is C25H32ClN5O2S. The fourth-order valence-corrected chi connectivity index (χ4v) is 6.56. The third kappa shape index (κ3) is 5.24. The van der Waals surface area contributed by atoms with E-state index in [9.17, 15) is 9.59 Å². The summed E-state index contributed by atoms with van der Waals surface area (Å²) in [5, 5.41) is 11.0. The molecule has 1 aromatic rings. The Morgan fingerprint density at radius 2 is 1.85 bits per heavy atom. The molecular weight excluding hydrogens is 470 g/mol. The summed E-state index contributed by atoms with van der Waals surface area (Å²) >= 11 is 7.63. The number of hydrogen-bond acceptors (Lipinski definition) is 6. The quantitative estimate of drug-likeness (QED) is 0.589. The number of allylic oxidation sites excluding steroid dienone is 2. The maximum absolute atomic E-state index is 13.2. The van der Waals surface area contributed by atoms with Crippen molar-refractivity contribution >= 4 is 34.8 Å². The van der Waals surface area contributed by atoms with E-state index in [1.165, 1.54) is 16.2 Å². The Kier molecular flexibility index (Phi) is 7.09. The molecule has 4 atom stereocenters. The number of nitrogens with one attached hydrogen (secondary N) is 3. The molecule has 0 spiro atoms. The minimum absolute atomic E-state index is 0.0612. The first-order valence-corrected chi connectivity index (χ1v) is 13.5. The molecule has 4 aliphatic rings. The Balaban J connectivity index is 1.26. The van der Waals surface area contributed by atoms with E-state index in [0.717, 1.165) is 63.7 Å². The Bertz CT molecular complexity index is 1050. The highest BCUT2D eigenvalue weighted by Gasteiger charge is 2.32. The van der Waals surface area contributed by atoms with Crippen molar-refractivity contribution in [1.82, 2.24) is 25.8 Å². The SMILES string of the molecule is CN1CCc2nc(C(=O)N[C@H]3CCCCCC[C@H]3NC(=O)C3=CC4C=C(Cl)C=CC4N3)sc2C1. The van der Waals surface area contributed by atoms with Gasteiger partial charge in [0.1, 0.15) is 0 Å². The summed E-state index contributed by atoms with van der Waals surface area (Å²) in [5.74, 6) is -0.160. The number of hydrogen-bond donors (Lipinski definition) is 3. The number of aromatic nitrogens is 1. The molecule has 3 heterocycles. The largest absolute Gasteiger partial charge is 0.374 e. The van der Waals surface area contributed by atoms with Crippen molar-refractivity contribution in [2.24, 2.45) is 5.92 Å². The van der Waals surface area contributed by atoms with Gasteiger partial charge in [-0.15, -0.1) is 11.3 Å². The number of amides is 2. The summed E-state index contributed by atoms with van der Waals surface area (Å²) in [6, 6.07) is -0.164. The smallest absolute Gasteiger partial charge is 0.280 e. The second-order valence-corrected chi connectivity index (χ2v) is 11.3. The number of carbonyl (C=O) groups excluding carboxylic acids is 2. The van der Waals surface area contributed by atoms with Crippen LogP contribution in [0.15, 0.2) is 35.0 Å². The van der Waals surface area contributed by atoms with Crippen LogP contribution in [0.3, 0.4) is 0 Å². The predicted molar refractivity (Wildman–Crippen MR) is 135 cm³/mol. The molecule has 2 aliphatic heterocycles. The maximum atomic E-state index is 13.2. The van der Waals surface area contributed by atoms with Gasteiger partial charge in [-0.1, -0.05) is 49.4 Å². The summed E-state index contributed by atoms with van der Waals surface area (Å²) < 4.78 is 0. The molecule has 2 unspecified atom stereocenters. The first-order chi connectivity index (χ1) is 16.5. The summed E-state index contributed by atoms with van der Waals surface area (Å²) in [5.41, 5.74) is 1.63. The van der Waals surface area contributed by atoms with Crippen LogP contribution in [0.2, 0.25) is 0 Å². The van der Waals surface area contributed by atoms with Gasteiger partial charge in [-0.3, -0.25) is 9.59 Å². The molecule has 5 rings (SSSR count). The minimum atomic E-state index is -0.124. The van der Waals surface area contributed by atoms with E-state index in [0.29, 0.717) is 15.7 Å². The van der Waals surface area contributed by atoms with Crippen molar-refractivity contribution in [2.45, 2.75) is 69.6 Å². The van der Waals surface area contributed by atoms with Crippen molar-refractivity contribution in [3.05, 3.63) is 50.6 Å². The molecule has 1 aromatic heterocycles. The summed E-state index contributed by atoms with van der Waals surface area (Å²) in [6.07, 6.45) is 14.7. The second kappa shape index (κ2) is 10.2. The van der Waals surface area contributed by atoms with Gasteiger partial charge in [-0.2, -0.15) is 0 Å². The van der Waals surface area contributed by atoms with E-state index < -0.39 is 0 Å². The van der Waals surface area contributed by atoms with Crippen LogP contribution >= 0.6 is 22.9 Å². The minimum Gasteiger partial charge on any atom is -0.374 e. The van der Waals surface area contributed by atoms with Crippen molar-refractivity contribution in [3.8, 4) is 0 Å². The fourth-order valence-electron chi connectivity index (χ4n) is 5.25. The van der Waals surface area contributed by atoms with E-state index in [-0.39, 0.29) is 35.9 Å². The Morgan fingerprint density at radius 1 is 1.12 bits per heavy atom. The van der Waals surface area contributed by atoms with Crippen LogP contribution in [0.1, 0.15) is 58.9 Å². The average Bonchev–Trinajstić information content (AvgIpc) is 3.41. The van der Waals surface area contributed by atoms with Gasteiger partial charge in [-0.25, -0.2) is 4.98 Å². The van der Waals surface area contributed by atoms with Crippen molar-refractivity contribution in [2.75, 3.05) is 13.6 Å². The lowest BCUT2D eigenvalue weighted by atomic mass is 9.92. The molecule has 7 nitrogen and oxygen atoms in total. The molecule has 3 N–H and O–H groups in total. The van der Waals surface area contributed by atoms with Crippen LogP contribution in [0, 0.1) is 5.92 Å². The molecule has 34 heavy (non-hydrogen) atoms. The summed E-state index contributed by atoms with van der Waals surface area (Å²) in [4.78, 5) is 34.4. The molecule has 0 aromatic carbocycles. The molecule has 1 saturated carbocycles. The number of likely N-dealkylation sites (N-methyl/N-ethyl adjacent to an activating group) is 1. The standard InChI is InChI=1S/C25H32ClN5O2S/c1-31-11-10-20-22(14-31)34-25(30-20)24(33)29-19-7-5-3-2-4-6-18(19)28-23(32)21-13-15-12-16(26)8-9-17(15)27-21/h8-9,12-13,15,17-19,27H,2-7,10-11,14H2,1H3,(H,28,32)(H,29,33)/t15?,17?,18-,19+/m1/s1. The molecule has 1 fully saturated rings. The number of nitrogens with zero attached hydrogens (tertiary/aromatic N) is 2. The van der Waals surface area contributed by atoms with Crippen molar-refractivity contribution in [1.29, 1.82) is 0 Å². The van der Waals surface area contributed by atoms with E-state index >= 15 is 0 Å². The third-order valence-electron chi connectivity index (χ3n) is 7.17. The van der Waals surface area contributed by atoms with E-state index in [1.807, 2.05) is 24.3 Å². The van der Waals surface area contributed by atoms with Crippen LogP contribution < -0.4 is 16.0 Å². The number of fused-ring (bicyclic) bond motifs is 2. The first kappa shape index (κ1) is 23.6. The average molecular weight is 502 g/mol.